The van der Waals surface area contributed by atoms with E-state index in [1.165, 1.54) is 0 Å². The molecule has 0 unspecified atom stereocenters. The van der Waals surface area contributed by atoms with Crippen molar-refractivity contribution in [3.63, 3.8) is 0 Å². The molecule has 0 fully saturated rings. The van der Waals surface area contributed by atoms with Crippen LogP contribution in [-0.2, 0) is 39.8 Å². The fraction of sp³-hybridized carbons (Fsp3) is 0.455. The number of quaternary nitrogens is 1. The van der Waals surface area contributed by atoms with Crippen LogP contribution in [0.15, 0.2) is 0 Å². The van der Waals surface area contributed by atoms with Gasteiger partial charge >= 0.3 is 32.4 Å². The van der Waals surface area contributed by atoms with Crippen LogP contribution in [0.1, 0.15) is 6.92 Å². The number of hydrogen-bond donors (Lipinski definition) is 1. The standard InChI is InChI=1S/C4H12N.C2H4O.5CHO.Cr/c1-5(2,3)4;1-2-3;5*1-2;/h1-4H3;3H,1H3;5*1H;/q+1;;5*-1;. The molecule has 7 nitrogen and oxygen atoms in total. The maximum atomic E-state index is 7.92. The SMILES string of the molecule is C[C](O)=[Cr].C[N+](C)(C)C.[CH-]=O.[CH-]=O.[CH-]=O.[CH-]=O.[CH-]=O. The van der Waals surface area contributed by atoms with E-state index in [0.29, 0.717) is 4.57 Å². The van der Waals surface area contributed by atoms with Crippen LogP contribution in [0.4, 0.5) is 0 Å². The van der Waals surface area contributed by atoms with E-state index < -0.39 is 0 Å². The topological polar surface area (TPSA) is 106 Å². The fourth-order valence-electron chi connectivity index (χ4n) is 0. The zero-order valence-corrected chi connectivity index (χ0v) is 13.0. The third-order valence-corrected chi connectivity index (χ3v) is 0. The van der Waals surface area contributed by atoms with Crippen LogP contribution in [-0.4, -0.2) is 76.3 Å². The summed E-state index contributed by atoms with van der Waals surface area (Å²) in [6, 6.07) is 0. The average Bonchev–Trinajstić information content (AvgIpc) is 2.38. The van der Waals surface area contributed by atoms with E-state index >= 15 is 0 Å². The van der Waals surface area contributed by atoms with Crippen LogP contribution in [0.5, 0.6) is 0 Å². The van der Waals surface area contributed by atoms with Gasteiger partial charge in [-0.25, -0.2) is 0 Å². The van der Waals surface area contributed by atoms with E-state index in [-0.39, 0.29) is 0 Å². The molecule has 0 aliphatic carbocycles. The molecule has 0 aliphatic heterocycles. The molecule has 0 saturated carbocycles. The van der Waals surface area contributed by atoms with Gasteiger partial charge in [0.25, 0.3) is 0 Å². The first-order valence-electron chi connectivity index (χ1n) is 3.90. The Hall–Kier alpha value is -1.33. The van der Waals surface area contributed by atoms with Gasteiger partial charge in [-0.1, -0.05) is 0 Å². The molecule has 0 atom stereocenters. The number of aliphatic hydroxyl groups is 1. The van der Waals surface area contributed by atoms with Crippen molar-refractivity contribution in [1.29, 1.82) is 0 Å². The molecule has 8 heteroatoms. The first kappa shape index (κ1) is 43.1. The molecule has 0 heterocycles. The largest absolute Gasteiger partial charge is 0.545 e. The van der Waals surface area contributed by atoms with E-state index in [0.717, 1.165) is 4.48 Å². The number of carbonyl (C=O) groups excluding carboxylic acids is 5. The Kier molecular flexibility index (Phi) is 158. The number of aliphatic hydroxyl groups excluding tert-OH is 1. The molecule has 0 aromatic carbocycles. The van der Waals surface area contributed by atoms with Crippen molar-refractivity contribution in [2.45, 2.75) is 6.92 Å². The molecular formula is C11H21CrNO6-4. The minimum absolute atomic E-state index is 0.292. The van der Waals surface area contributed by atoms with E-state index in [1.54, 1.807) is 6.92 Å². The van der Waals surface area contributed by atoms with Gasteiger partial charge in [0, 0.05) is 0 Å². The van der Waals surface area contributed by atoms with Gasteiger partial charge in [-0.3, -0.25) is 33.9 Å². The summed E-state index contributed by atoms with van der Waals surface area (Å²) in [6.07, 6.45) is 0. The molecule has 19 heavy (non-hydrogen) atoms. The number of rotatable bonds is 0. The summed E-state index contributed by atoms with van der Waals surface area (Å²) in [5.74, 6) is 0. The van der Waals surface area contributed by atoms with Crippen LogP contribution in [0.3, 0.4) is 0 Å². The van der Waals surface area contributed by atoms with Crippen molar-refractivity contribution < 1.29 is 49.4 Å². The maximum Gasteiger partial charge on any atom is 0.0675 e. The predicted octanol–water partition coefficient (Wildman–Crippen LogP) is -0.993. The summed E-state index contributed by atoms with van der Waals surface area (Å²) in [4.78, 5) is 38.8. The van der Waals surface area contributed by atoms with Crippen LogP contribution in [0.25, 0.3) is 0 Å². The summed E-state index contributed by atoms with van der Waals surface area (Å²) in [7, 11) is 8.50. The van der Waals surface area contributed by atoms with Crippen molar-refractivity contribution >= 4 is 38.5 Å². The third-order valence-electron chi connectivity index (χ3n) is 0. The molecule has 0 aromatic heterocycles. The van der Waals surface area contributed by atoms with Gasteiger partial charge in [0.05, 0.1) is 28.2 Å². The maximum absolute atomic E-state index is 7.92. The second-order valence-corrected chi connectivity index (χ2v) is 4.12. The zero-order valence-electron chi connectivity index (χ0n) is 11.7. The van der Waals surface area contributed by atoms with Crippen LogP contribution >= 0.6 is 0 Å². The van der Waals surface area contributed by atoms with Crippen LogP contribution in [0, 0.1) is 0 Å². The fourth-order valence-corrected chi connectivity index (χ4v) is 0. The molecule has 0 saturated heterocycles. The first-order chi connectivity index (χ1) is 8.73. The minimum Gasteiger partial charge on any atom is -0.545 e. The van der Waals surface area contributed by atoms with Crippen molar-refractivity contribution in [2.24, 2.45) is 0 Å². The number of hydrogen-bond acceptors (Lipinski definition) is 6. The smallest absolute Gasteiger partial charge is 0.0675 e. The molecule has 0 spiro atoms. The van der Waals surface area contributed by atoms with Crippen molar-refractivity contribution in [1.82, 2.24) is 0 Å². The molecule has 0 aromatic rings. The van der Waals surface area contributed by atoms with Crippen molar-refractivity contribution in [3.8, 4) is 0 Å². The summed E-state index contributed by atoms with van der Waals surface area (Å²) in [5.41, 5.74) is 0. The quantitative estimate of drug-likeness (QED) is 0.349. The second-order valence-electron chi connectivity index (χ2n) is 3.20. The molecule has 0 radical (unpaired) electrons. The van der Waals surface area contributed by atoms with Crippen molar-refractivity contribution in [3.05, 3.63) is 0 Å². The molecule has 0 aliphatic rings. The molecular weight excluding hydrogens is 294 g/mol. The zero-order chi connectivity index (χ0) is 18.1. The Balaban J connectivity index is -0.0000000187. The number of nitrogens with zero attached hydrogens (tertiary/aromatic N) is 1. The van der Waals surface area contributed by atoms with E-state index in [9.17, 15) is 0 Å². The second kappa shape index (κ2) is 69.6. The van der Waals surface area contributed by atoms with Gasteiger partial charge in [0.2, 0.25) is 0 Å². The summed E-state index contributed by atoms with van der Waals surface area (Å²) >= 11 is 2.38. The van der Waals surface area contributed by atoms with Gasteiger partial charge in [0.1, 0.15) is 0 Å². The Morgan fingerprint density at radius 1 is 0.737 bits per heavy atom. The van der Waals surface area contributed by atoms with Crippen molar-refractivity contribution in [2.75, 3.05) is 28.2 Å². The molecule has 0 amide bonds. The van der Waals surface area contributed by atoms with Gasteiger partial charge in [-0.15, -0.1) is 0 Å². The molecule has 0 bridgehead atoms. The monoisotopic (exact) mass is 315 g/mol. The average molecular weight is 315 g/mol. The van der Waals surface area contributed by atoms with Gasteiger partial charge < -0.3 is 28.5 Å². The van der Waals surface area contributed by atoms with E-state index in [4.69, 9.17) is 29.1 Å². The molecule has 1 N–H and O–H groups in total. The third kappa shape index (κ3) is 2040. The van der Waals surface area contributed by atoms with Gasteiger partial charge in [-0.2, -0.15) is 0 Å². The summed E-state index contributed by atoms with van der Waals surface area (Å²) < 4.78 is 1.29. The Bertz CT molecular complexity index is 131. The van der Waals surface area contributed by atoms with Gasteiger partial charge in [0.15, 0.2) is 0 Å². The normalized spacial score (nSPS) is 5.58. The van der Waals surface area contributed by atoms with Crippen LogP contribution in [0.2, 0.25) is 0 Å². The summed E-state index contributed by atoms with van der Waals surface area (Å²) in [5, 5.41) is 7.92. The van der Waals surface area contributed by atoms with E-state index in [1.807, 2.05) is 0 Å². The molecule has 0 rings (SSSR count). The Morgan fingerprint density at radius 3 is 0.737 bits per heavy atom. The minimum atomic E-state index is 0.292. The summed E-state index contributed by atoms with van der Waals surface area (Å²) in [6.45, 7) is 17.8. The molecule has 116 valence electrons. The first-order valence-corrected chi connectivity index (χ1v) is 4.53. The Labute approximate surface area is 123 Å². The Morgan fingerprint density at radius 2 is 0.737 bits per heavy atom. The van der Waals surface area contributed by atoms with E-state index in [2.05, 4.69) is 78.0 Å². The van der Waals surface area contributed by atoms with Crippen LogP contribution < -0.4 is 0 Å². The van der Waals surface area contributed by atoms with Gasteiger partial charge in [-0.05, 0) is 0 Å². The predicted molar refractivity (Wildman–Crippen MR) is 70.3 cm³/mol.